The maximum Gasteiger partial charge on any atom is 0.164 e. The Kier molecular flexibility index (Phi) is 6.79. The van der Waals surface area contributed by atoms with Crippen LogP contribution in [0.25, 0.3) is 105 Å². The van der Waals surface area contributed by atoms with Crippen LogP contribution in [0.3, 0.4) is 0 Å². The van der Waals surface area contributed by atoms with Gasteiger partial charge < -0.3 is 8.98 Å². The van der Waals surface area contributed by atoms with Gasteiger partial charge in [0.15, 0.2) is 17.5 Å². The third-order valence-corrected chi connectivity index (χ3v) is 10.5. The van der Waals surface area contributed by atoms with Crippen molar-refractivity contribution in [2.75, 3.05) is 0 Å². The summed E-state index contributed by atoms with van der Waals surface area (Å²) in [6.07, 6.45) is 0. The van der Waals surface area contributed by atoms with Crippen LogP contribution in [0.4, 0.5) is 0 Å². The third kappa shape index (κ3) is 4.76. The summed E-state index contributed by atoms with van der Waals surface area (Å²) in [5.74, 6) is 1.87. The highest BCUT2D eigenvalue weighted by atomic mass is 16.3. The molecular formula is C49H30N4O. The van der Waals surface area contributed by atoms with E-state index in [9.17, 15) is 0 Å². The van der Waals surface area contributed by atoms with E-state index in [0.717, 1.165) is 88.0 Å². The quantitative estimate of drug-likeness (QED) is 0.180. The lowest BCUT2D eigenvalue weighted by atomic mass is 9.95. The molecule has 0 atom stereocenters. The molecule has 3 aromatic heterocycles. The van der Waals surface area contributed by atoms with Crippen molar-refractivity contribution in [3.8, 4) is 51.0 Å². The van der Waals surface area contributed by atoms with Gasteiger partial charge in [-0.25, -0.2) is 15.0 Å². The molecule has 0 fully saturated rings. The molecule has 5 heteroatoms. The standard InChI is InChI=1S/C49H30N4O/c1-3-14-31(15-4-1)47-50-48(52-49(51-47)41-24-13-26-43-45(41)40-21-7-9-25-42(40)53(43)34-18-5-2-6-19-34)33-17-11-16-32(30-33)35-22-12-23-38-36(35)28-29-39-37-20-8-10-27-44(37)54-46(38)39/h1-30H. The third-order valence-electron chi connectivity index (χ3n) is 10.5. The zero-order valence-electron chi connectivity index (χ0n) is 29.0. The lowest BCUT2D eigenvalue weighted by Crippen LogP contribution is -2.00. The van der Waals surface area contributed by atoms with E-state index < -0.39 is 0 Å². The Hall–Kier alpha value is -7.37. The van der Waals surface area contributed by atoms with Crippen molar-refractivity contribution in [2.45, 2.75) is 0 Å². The Balaban J connectivity index is 1.11. The maximum absolute atomic E-state index is 6.42. The number of aromatic nitrogens is 4. The molecule has 0 aliphatic heterocycles. The summed E-state index contributed by atoms with van der Waals surface area (Å²) < 4.78 is 8.74. The van der Waals surface area contributed by atoms with Gasteiger partial charge in [0.05, 0.1) is 11.0 Å². The predicted molar refractivity (Wildman–Crippen MR) is 221 cm³/mol. The maximum atomic E-state index is 6.42. The van der Waals surface area contributed by atoms with Crippen LogP contribution in [0, 0.1) is 0 Å². The smallest absolute Gasteiger partial charge is 0.164 e. The molecule has 54 heavy (non-hydrogen) atoms. The van der Waals surface area contributed by atoms with Crippen molar-refractivity contribution in [2.24, 2.45) is 0 Å². The van der Waals surface area contributed by atoms with Gasteiger partial charge in [-0.05, 0) is 59.0 Å². The van der Waals surface area contributed by atoms with Gasteiger partial charge in [-0.15, -0.1) is 0 Å². The summed E-state index contributed by atoms with van der Waals surface area (Å²) in [6.45, 7) is 0. The van der Waals surface area contributed by atoms with Crippen molar-refractivity contribution in [3.05, 3.63) is 182 Å². The Labute approximate surface area is 310 Å². The monoisotopic (exact) mass is 690 g/mol. The van der Waals surface area contributed by atoms with Crippen molar-refractivity contribution in [3.63, 3.8) is 0 Å². The van der Waals surface area contributed by atoms with Crippen LogP contribution in [0.1, 0.15) is 0 Å². The summed E-state index contributed by atoms with van der Waals surface area (Å²) in [7, 11) is 0. The van der Waals surface area contributed by atoms with E-state index >= 15 is 0 Å². The molecule has 252 valence electrons. The fourth-order valence-corrected chi connectivity index (χ4v) is 8.02. The van der Waals surface area contributed by atoms with E-state index in [1.54, 1.807) is 0 Å². The second kappa shape index (κ2) is 12.1. The summed E-state index contributed by atoms with van der Waals surface area (Å²) in [4.78, 5) is 15.5. The molecule has 0 aliphatic rings. The molecule has 0 saturated heterocycles. The molecular weight excluding hydrogens is 661 g/mol. The first-order chi connectivity index (χ1) is 26.8. The van der Waals surface area contributed by atoms with E-state index in [-0.39, 0.29) is 0 Å². The van der Waals surface area contributed by atoms with Gasteiger partial charge in [0, 0.05) is 49.3 Å². The highest BCUT2D eigenvalue weighted by Gasteiger charge is 2.20. The molecule has 0 aliphatic carbocycles. The average Bonchev–Trinajstić information content (AvgIpc) is 3.80. The van der Waals surface area contributed by atoms with Gasteiger partial charge in [0.1, 0.15) is 11.2 Å². The van der Waals surface area contributed by atoms with Crippen LogP contribution in [0.15, 0.2) is 186 Å². The normalized spacial score (nSPS) is 11.7. The number of nitrogens with zero attached hydrogens (tertiary/aromatic N) is 4. The van der Waals surface area contributed by atoms with Gasteiger partial charge in [-0.2, -0.15) is 0 Å². The zero-order valence-corrected chi connectivity index (χ0v) is 29.0. The molecule has 0 radical (unpaired) electrons. The topological polar surface area (TPSA) is 56.7 Å². The van der Waals surface area contributed by atoms with Crippen LogP contribution in [-0.4, -0.2) is 19.5 Å². The summed E-state index contributed by atoms with van der Waals surface area (Å²) in [5, 5.41) is 6.72. The zero-order chi connectivity index (χ0) is 35.6. The molecule has 5 nitrogen and oxygen atoms in total. The fraction of sp³-hybridized carbons (Fsp3) is 0. The predicted octanol–water partition coefficient (Wildman–Crippen LogP) is 12.7. The minimum Gasteiger partial charge on any atom is -0.455 e. The molecule has 0 bridgehead atoms. The lowest BCUT2D eigenvalue weighted by molar-refractivity contribution is 0.672. The van der Waals surface area contributed by atoms with Crippen molar-refractivity contribution < 1.29 is 4.42 Å². The minimum atomic E-state index is 0.615. The number of benzene rings is 8. The molecule has 0 N–H and O–H groups in total. The van der Waals surface area contributed by atoms with Gasteiger partial charge >= 0.3 is 0 Å². The van der Waals surface area contributed by atoms with E-state index in [2.05, 4.69) is 156 Å². The molecule has 0 amide bonds. The summed E-state index contributed by atoms with van der Waals surface area (Å²) >= 11 is 0. The first-order valence-corrected chi connectivity index (χ1v) is 18.1. The molecule has 8 aromatic carbocycles. The number of furan rings is 1. The fourth-order valence-electron chi connectivity index (χ4n) is 8.02. The first kappa shape index (κ1) is 30.3. The van der Waals surface area contributed by atoms with Crippen LogP contribution >= 0.6 is 0 Å². The summed E-state index contributed by atoms with van der Waals surface area (Å²) in [5.41, 5.74) is 10.1. The van der Waals surface area contributed by atoms with Gasteiger partial charge in [0.2, 0.25) is 0 Å². The first-order valence-electron chi connectivity index (χ1n) is 18.1. The average molecular weight is 691 g/mol. The number of para-hydroxylation sites is 3. The number of rotatable bonds is 5. The Morgan fingerprint density at radius 2 is 0.944 bits per heavy atom. The van der Waals surface area contributed by atoms with E-state index in [4.69, 9.17) is 19.4 Å². The molecule has 11 rings (SSSR count). The van der Waals surface area contributed by atoms with Crippen molar-refractivity contribution in [1.82, 2.24) is 19.5 Å². The van der Waals surface area contributed by atoms with E-state index in [1.165, 1.54) is 0 Å². The molecule has 3 heterocycles. The number of hydrogen-bond donors (Lipinski definition) is 0. The van der Waals surface area contributed by atoms with Crippen LogP contribution in [-0.2, 0) is 0 Å². The van der Waals surface area contributed by atoms with Crippen LogP contribution in [0.5, 0.6) is 0 Å². The summed E-state index contributed by atoms with van der Waals surface area (Å²) in [6, 6.07) is 63.2. The van der Waals surface area contributed by atoms with E-state index in [0.29, 0.717) is 17.5 Å². The van der Waals surface area contributed by atoms with Crippen LogP contribution < -0.4 is 0 Å². The van der Waals surface area contributed by atoms with Crippen molar-refractivity contribution in [1.29, 1.82) is 0 Å². The number of fused-ring (bicyclic) bond motifs is 8. The Morgan fingerprint density at radius 1 is 0.370 bits per heavy atom. The van der Waals surface area contributed by atoms with Gasteiger partial charge in [-0.3, -0.25) is 0 Å². The Bertz CT molecular complexity index is 3220. The van der Waals surface area contributed by atoms with Crippen LogP contribution in [0.2, 0.25) is 0 Å². The second-order valence-corrected chi connectivity index (χ2v) is 13.6. The minimum absolute atomic E-state index is 0.615. The molecule has 0 unspecified atom stereocenters. The highest BCUT2D eigenvalue weighted by molar-refractivity contribution is 6.18. The largest absolute Gasteiger partial charge is 0.455 e. The molecule has 0 spiro atoms. The van der Waals surface area contributed by atoms with Gasteiger partial charge in [0.25, 0.3) is 0 Å². The second-order valence-electron chi connectivity index (χ2n) is 13.6. The SMILES string of the molecule is c1ccc(-c2nc(-c3cccc(-c4cccc5c4ccc4c6ccccc6oc54)c3)nc(-c3cccc4c3c3ccccc3n4-c3ccccc3)n2)cc1. The molecule has 11 aromatic rings. The lowest BCUT2D eigenvalue weighted by Gasteiger charge is -2.12. The Morgan fingerprint density at radius 3 is 1.81 bits per heavy atom. The molecule has 0 saturated carbocycles. The van der Waals surface area contributed by atoms with E-state index in [1.807, 2.05) is 30.3 Å². The number of hydrogen-bond acceptors (Lipinski definition) is 4. The van der Waals surface area contributed by atoms with Crippen molar-refractivity contribution >= 4 is 54.5 Å². The highest BCUT2D eigenvalue weighted by Crippen LogP contribution is 2.40. The van der Waals surface area contributed by atoms with Gasteiger partial charge in [-0.1, -0.05) is 140 Å².